The molecule has 0 aliphatic heterocycles. The van der Waals surface area contributed by atoms with Crippen molar-refractivity contribution in [1.82, 2.24) is 0 Å². The number of aromatic nitrogens is 2. The number of hydrogen-bond donors (Lipinski definition) is 0. The minimum absolute atomic E-state index is 0.758. The number of pyridine rings is 2. The van der Waals surface area contributed by atoms with E-state index in [1.807, 2.05) is 11.3 Å². The number of thiophene rings is 1. The monoisotopic (exact) mass is 408 g/mol. The second-order valence-electron chi connectivity index (χ2n) is 7.62. The molecule has 0 aliphatic carbocycles. The quantitative estimate of drug-likeness (QED) is 0.326. The zero-order valence-corrected chi connectivity index (χ0v) is 18.1. The van der Waals surface area contributed by atoms with Gasteiger partial charge in [0.2, 0.25) is 11.4 Å². The van der Waals surface area contributed by atoms with E-state index >= 15 is 0 Å². The lowest BCUT2D eigenvalue weighted by Crippen LogP contribution is -2.53. The van der Waals surface area contributed by atoms with E-state index in [1.165, 1.54) is 43.0 Å². The van der Waals surface area contributed by atoms with Crippen LogP contribution in [0.15, 0.2) is 97.3 Å². The highest BCUT2D eigenvalue weighted by molar-refractivity contribution is 7.22. The van der Waals surface area contributed by atoms with E-state index in [4.69, 9.17) is 0 Å². The molecule has 5 aromatic rings. The second-order valence-corrected chi connectivity index (χ2v) is 8.67. The van der Waals surface area contributed by atoms with E-state index in [9.17, 15) is 0 Å². The van der Waals surface area contributed by atoms with Crippen LogP contribution in [0.3, 0.4) is 0 Å². The van der Waals surface area contributed by atoms with Crippen molar-refractivity contribution in [2.24, 2.45) is 0 Å². The molecular formula is C27H24N2S+2. The molecule has 0 saturated carbocycles. The van der Waals surface area contributed by atoms with E-state index < -0.39 is 0 Å². The summed E-state index contributed by atoms with van der Waals surface area (Å²) in [5.41, 5.74) is 6.40. The van der Waals surface area contributed by atoms with Crippen molar-refractivity contribution in [2.75, 3.05) is 0 Å². The average molecular weight is 409 g/mol. The summed E-state index contributed by atoms with van der Waals surface area (Å²) < 4.78 is 6.02. The summed E-state index contributed by atoms with van der Waals surface area (Å²) >= 11 is 1.87. The highest BCUT2D eigenvalue weighted by atomic mass is 32.1. The molecule has 0 N–H and O–H groups in total. The Hall–Kier alpha value is -3.30. The molecule has 3 heterocycles. The summed E-state index contributed by atoms with van der Waals surface area (Å²) in [5.74, 6) is 0. The lowest BCUT2D eigenvalue weighted by atomic mass is 10.1. The molecule has 2 aromatic carbocycles. The molecule has 30 heavy (non-hydrogen) atoms. The number of hydrogen-bond acceptors (Lipinski definition) is 1. The van der Waals surface area contributed by atoms with Gasteiger partial charge in [-0.05, 0) is 54.6 Å². The van der Waals surface area contributed by atoms with Gasteiger partial charge >= 0.3 is 6.67 Å². The third kappa shape index (κ3) is 3.31. The first kappa shape index (κ1) is 18.7. The van der Waals surface area contributed by atoms with Crippen molar-refractivity contribution in [3.8, 4) is 21.8 Å². The zero-order chi connectivity index (χ0) is 20.5. The molecule has 0 aliphatic rings. The first-order valence-electron chi connectivity index (χ1n) is 10.2. The van der Waals surface area contributed by atoms with Gasteiger partial charge in [0.1, 0.15) is 4.88 Å². The fraction of sp³-hybridized carbons (Fsp3) is 0.111. The van der Waals surface area contributed by atoms with E-state index in [1.54, 1.807) is 0 Å². The Kier molecular flexibility index (Phi) is 4.89. The first-order chi connectivity index (χ1) is 14.7. The fourth-order valence-electron chi connectivity index (χ4n) is 4.09. The van der Waals surface area contributed by atoms with Gasteiger partial charge in [-0.15, -0.1) is 20.5 Å². The standard InChI is InChI=1S/C27H24N2S/c1-20-11-3-4-12-22(20)24-14-7-9-17-28(24)19-29-18-10-8-15-25(29)27-21(2)23-13-5-6-16-26(23)30-27/h3-18H,19H2,1-2H3/q+2. The van der Waals surface area contributed by atoms with E-state index in [0.717, 1.165) is 6.67 Å². The van der Waals surface area contributed by atoms with Crippen molar-refractivity contribution in [2.45, 2.75) is 20.5 Å². The summed E-state index contributed by atoms with van der Waals surface area (Å²) in [5, 5.41) is 1.35. The Labute approximate surface area is 181 Å². The maximum Gasteiger partial charge on any atom is 0.344 e. The second kappa shape index (κ2) is 7.85. The number of nitrogens with zero attached hydrogens (tertiary/aromatic N) is 2. The van der Waals surface area contributed by atoms with E-state index in [2.05, 4.69) is 120 Å². The SMILES string of the molecule is Cc1ccccc1-c1cccc[n+]1C[n+]1ccccc1-c1sc2ccccc2c1C. The minimum atomic E-state index is 0.758. The lowest BCUT2D eigenvalue weighted by Gasteiger charge is -2.06. The third-order valence-electron chi connectivity index (χ3n) is 5.68. The van der Waals surface area contributed by atoms with Crippen molar-refractivity contribution in [1.29, 1.82) is 0 Å². The summed E-state index contributed by atoms with van der Waals surface area (Å²) in [6, 6.07) is 30.2. The molecule has 0 bridgehead atoms. The number of benzene rings is 2. The molecular weight excluding hydrogens is 384 g/mol. The smallest absolute Gasteiger partial charge is 0.139 e. The molecule has 3 aromatic heterocycles. The van der Waals surface area contributed by atoms with Crippen LogP contribution in [0.4, 0.5) is 0 Å². The van der Waals surface area contributed by atoms with Crippen LogP contribution in [-0.4, -0.2) is 0 Å². The van der Waals surface area contributed by atoms with Gasteiger partial charge in [0, 0.05) is 34.5 Å². The largest absolute Gasteiger partial charge is 0.344 e. The average Bonchev–Trinajstić information content (AvgIpc) is 3.12. The molecule has 0 amide bonds. The molecule has 2 nitrogen and oxygen atoms in total. The van der Waals surface area contributed by atoms with Crippen LogP contribution in [0, 0.1) is 13.8 Å². The maximum absolute atomic E-state index is 2.35. The van der Waals surface area contributed by atoms with Crippen molar-refractivity contribution >= 4 is 21.4 Å². The predicted molar refractivity (Wildman–Crippen MR) is 124 cm³/mol. The van der Waals surface area contributed by atoms with E-state index in [-0.39, 0.29) is 0 Å². The summed E-state index contributed by atoms with van der Waals surface area (Å²) in [6.45, 7) is 5.17. The van der Waals surface area contributed by atoms with Crippen molar-refractivity contribution in [3.05, 3.63) is 108 Å². The number of fused-ring (bicyclic) bond motifs is 1. The molecule has 0 saturated heterocycles. The van der Waals surface area contributed by atoms with Crippen LogP contribution in [0.25, 0.3) is 31.9 Å². The summed E-state index contributed by atoms with van der Waals surface area (Å²) in [6.07, 6.45) is 4.35. The molecule has 0 atom stereocenters. The topological polar surface area (TPSA) is 7.76 Å². The summed E-state index contributed by atoms with van der Waals surface area (Å²) in [4.78, 5) is 1.34. The normalized spacial score (nSPS) is 11.1. The van der Waals surface area contributed by atoms with Crippen LogP contribution in [0.1, 0.15) is 11.1 Å². The van der Waals surface area contributed by atoms with E-state index in [0.29, 0.717) is 0 Å². The van der Waals surface area contributed by atoms with Crippen LogP contribution in [-0.2, 0) is 6.67 Å². The van der Waals surface area contributed by atoms with Gasteiger partial charge in [-0.1, -0.05) is 36.4 Å². The zero-order valence-electron chi connectivity index (χ0n) is 17.2. The predicted octanol–water partition coefficient (Wildman–Crippen LogP) is 5.93. The van der Waals surface area contributed by atoms with Crippen molar-refractivity contribution in [3.63, 3.8) is 0 Å². The number of aryl methyl sites for hydroxylation is 2. The maximum atomic E-state index is 2.35. The molecule has 0 unspecified atom stereocenters. The Morgan fingerprint density at radius 2 is 1.30 bits per heavy atom. The van der Waals surface area contributed by atoms with Gasteiger partial charge in [-0.25, -0.2) is 0 Å². The molecule has 3 heteroatoms. The van der Waals surface area contributed by atoms with Crippen LogP contribution in [0.5, 0.6) is 0 Å². The highest BCUT2D eigenvalue weighted by Crippen LogP contribution is 2.36. The molecule has 0 spiro atoms. The molecule has 146 valence electrons. The van der Waals surface area contributed by atoms with Gasteiger partial charge < -0.3 is 0 Å². The summed E-state index contributed by atoms with van der Waals surface area (Å²) in [7, 11) is 0. The molecule has 0 fully saturated rings. The lowest BCUT2D eigenvalue weighted by molar-refractivity contribution is -0.903. The minimum Gasteiger partial charge on any atom is -0.139 e. The first-order valence-corrected chi connectivity index (χ1v) is 11.1. The molecule has 5 rings (SSSR count). The van der Waals surface area contributed by atoms with Gasteiger partial charge in [0.25, 0.3) is 0 Å². The van der Waals surface area contributed by atoms with Crippen LogP contribution in [0.2, 0.25) is 0 Å². The Morgan fingerprint density at radius 1 is 0.667 bits per heavy atom. The van der Waals surface area contributed by atoms with Crippen LogP contribution >= 0.6 is 11.3 Å². The Bertz CT molecular complexity index is 1350. The molecule has 0 radical (unpaired) electrons. The van der Waals surface area contributed by atoms with Gasteiger partial charge in [0.05, 0.1) is 0 Å². The van der Waals surface area contributed by atoms with Gasteiger partial charge in [-0.3, -0.25) is 0 Å². The van der Waals surface area contributed by atoms with Crippen LogP contribution < -0.4 is 9.13 Å². The Morgan fingerprint density at radius 3 is 2.07 bits per heavy atom. The van der Waals surface area contributed by atoms with Crippen molar-refractivity contribution < 1.29 is 9.13 Å². The fourth-order valence-corrected chi connectivity index (χ4v) is 5.34. The Balaban J connectivity index is 1.62. The number of rotatable bonds is 4. The third-order valence-corrected chi connectivity index (χ3v) is 6.98. The van der Waals surface area contributed by atoms with Gasteiger partial charge in [0.15, 0.2) is 12.4 Å². The highest BCUT2D eigenvalue weighted by Gasteiger charge is 2.23. The van der Waals surface area contributed by atoms with Gasteiger partial charge in [-0.2, -0.15) is 0 Å².